The van der Waals surface area contributed by atoms with Crippen molar-refractivity contribution in [3.8, 4) is 11.3 Å². The van der Waals surface area contributed by atoms with Crippen LogP contribution >= 0.6 is 11.6 Å². The average Bonchev–Trinajstić information content (AvgIpc) is 3.06. The number of halogens is 1. The minimum absolute atomic E-state index is 0.0323. The molecule has 0 saturated carbocycles. The van der Waals surface area contributed by atoms with Gasteiger partial charge < -0.3 is 5.32 Å². The van der Waals surface area contributed by atoms with Gasteiger partial charge in [-0.05, 0) is 37.6 Å². The van der Waals surface area contributed by atoms with E-state index >= 15 is 0 Å². The van der Waals surface area contributed by atoms with Crippen molar-refractivity contribution in [3.05, 3.63) is 58.5 Å². The lowest BCUT2D eigenvalue weighted by Gasteiger charge is -2.11. The van der Waals surface area contributed by atoms with Crippen molar-refractivity contribution in [2.24, 2.45) is 7.05 Å². The van der Waals surface area contributed by atoms with E-state index in [1.54, 1.807) is 20.2 Å². The Bertz CT molecular complexity index is 1050. The number of nitrogens with zero attached hydrogens (tertiary/aromatic N) is 3. The molecule has 2 aromatic heterocycles. The van der Waals surface area contributed by atoms with Gasteiger partial charge >= 0.3 is 0 Å². The standard InChI is InChI=1S/C18H21ClN4O2S/c1-12-15(10-20-3)11-23(16(12)14-8-6-5-7-9-14)26(24,25)17-13(2)21-22(4)18(17)19/h5-9,11,20H,10H2,1-4H3. The van der Waals surface area contributed by atoms with Crippen molar-refractivity contribution in [3.63, 3.8) is 0 Å². The fraction of sp³-hybridized carbons (Fsp3) is 0.278. The van der Waals surface area contributed by atoms with Crippen LogP contribution in [0.15, 0.2) is 41.4 Å². The summed E-state index contributed by atoms with van der Waals surface area (Å²) in [5.74, 6) is 0. The van der Waals surface area contributed by atoms with E-state index in [4.69, 9.17) is 11.6 Å². The number of hydrogen-bond acceptors (Lipinski definition) is 4. The molecule has 2 heterocycles. The van der Waals surface area contributed by atoms with Gasteiger partial charge in [0, 0.05) is 19.8 Å². The van der Waals surface area contributed by atoms with Crippen LogP contribution in [0.2, 0.25) is 5.15 Å². The maximum absolute atomic E-state index is 13.5. The molecule has 0 atom stereocenters. The highest BCUT2D eigenvalue weighted by Crippen LogP contribution is 2.34. The highest BCUT2D eigenvalue weighted by atomic mass is 35.5. The van der Waals surface area contributed by atoms with Gasteiger partial charge in [-0.25, -0.2) is 12.4 Å². The number of hydrogen-bond donors (Lipinski definition) is 1. The Kier molecular flexibility index (Phi) is 4.96. The van der Waals surface area contributed by atoms with Crippen LogP contribution in [-0.4, -0.2) is 29.2 Å². The summed E-state index contributed by atoms with van der Waals surface area (Å²) in [5, 5.41) is 7.33. The maximum atomic E-state index is 13.5. The van der Waals surface area contributed by atoms with E-state index in [1.807, 2.05) is 44.3 Å². The molecule has 0 amide bonds. The Morgan fingerprint density at radius 1 is 1.19 bits per heavy atom. The van der Waals surface area contributed by atoms with E-state index < -0.39 is 10.0 Å². The summed E-state index contributed by atoms with van der Waals surface area (Å²) in [6.07, 6.45) is 1.66. The van der Waals surface area contributed by atoms with Gasteiger partial charge in [-0.15, -0.1) is 0 Å². The van der Waals surface area contributed by atoms with Crippen molar-refractivity contribution in [2.75, 3.05) is 7.05 Å². The van der Waals surface area contributed by atoms with E-state index in [-0.39, 0.29) is 10.0 Å². The van der Waals surface area contributed by atoms with Gasteiger partial charge in [0.1, 0.15) is 10.0 Å². The molecule has 0 fully saturated rings. The van der Waals surface area contributed by atoms with Crippen molar-refractivity contribution in [1.29, 1.82) is 0 Å². The Morgan fingerprint density at radius 2 is 1.85 bits per heavy atom. The van der Waals surface area contributed by atoms with Crippen LogP contribution < -0.4 is 5.32 Å². The number of aryl methyl sites for hydroxylation is 2. The predicted octanol–water partition coefficient (Wildman–Crippen LogP) is 3.12. The summed E-state index contributed by atoms with van der Waals surface area (Å²) in [5.41, 5.74) is 3.65. The first kappa shape index (κ1) is 18.7. The Balaban J connectivity index is 2.32. The number of aromatic nitrogens is 3. The molecule has 26 heavy (non-hydrogen) atoms. The molecular weight excluding hydrogens is 372 g/mol. The van der Waals surface area contributed by atoms with Gasteiger partial charge in [-0.1, -0.05) is 41.9 Å². The third-order valence-electron chi connectivity index (χ3n) is 4.36. The van der Waals surface area contributed by atoms with Crippen molar-refractivity contribution < 1.29 is 8.42 Å². The molecular formula is C18H21ClN4O2S. The Labute approximate surface area is 158 Å². The summed E-state index contributed by atoms with van der Waals surface area (Å²) >= 11 is 6.25. The van der Waals surface area contributed by atoms with E-state index in [1.165, 1.54) is 8.65 Å². The molecule has 138 valence electrons. The monoisotopic (exact) mass is 392 g/mol. The van der Waals surface area contributed by atoms with Crippen LogP contribution in [0.5, 0.6) is 0 Å². The second kappa shape index (κ2) is 6.90. The van der Waals surface area contributed by atoms with Gasteiger partial charge in [0.05, 0.1) is 11.4 Å². The van der Waals surface area contributed by atoms with Crippen LogP contribution in [-0.2, 0) is 23.6 Å². The molecule has 0 unspecified atom stereocenters. The summed E-state index contributed by atoms with van der Waals surface area (Å²) in [6.45, 7) is 4.14. The third-order valence-corrected chi connectivity index (χ3v) is 6.72. The van der Waals surface area contributed by atoms with Crippen molar-refractivity contribution in [1.82, 2.24) is 19.1 Å². The topological polar surface area (TPSA) is 68.9 Å². The molecule has 8 heteroatoms. The lowest BCUT2D eigenvalue weighted by Crippen LogP contribution is -2.15. The maximum Gasteiger partial charge on any atom is 0.273 e. The summed E-state index contributed by atoms with van der Waals surface area (Å²) in [6, 6.07) is 9.47. The second-order valence-electron chi connectivity index (χ2n) is 6.15. The van der Waals surface area contributed by atoms with Crippen LogP contribution in [0.3, 0.4) is 0 Å². The smallest absolute Gasteiger partial charge is 0.273 e. The van der Waals surface area contributed by atoms with Crippen molar-refractivity contribution in [2.45, 2.75) is 25.3 Å². The first-order valence-electron chi connectivity index (χ1n) is 8.14. The highest BCUT2D eigenvalue weighted by molar-refractivity contribution is 7.90. The van der Waals surface area contributed by atoms with Crippen LogP contribution in [0.25, 0.3) is 11.3 Å². The van der Waals surface area contributed by atoms with Gasteiger partial charge in [-0.2, -0.15) is 5.10 Å². The Hall–Kier alpha value is -2.09. The number of rotatable bonds is 5. The van der Waals surface area contributed by atoms with Gasteiger partial charge in [0.2, 0.25) is 0 Å². The minimum atomic E-state index is -3.90. The SMILES string of the molecule is CNCc1cn(S(=O)(=O)c2c(C)nn(C)c2Cl)c(-c2ccccc2)c1C. The fourth-order valence-electron chi connectivity index (χ4n) is 3.12. The van der Waals surface area contributed by atoms with Crippen molar-refractivity contribution >= 4 is 21.6 Å². The first-order chi connectivity index (χ1) is 12.3. The largest absolute Gasteiger partial charge is 0.316 e. The number of benzene rings is 1. The lowest BCUT2D eigenvalue weighted by molar-refractivity contribution is 0.587. The summed E-state index contributed by atoms with van der Waals surface area (Å²) in [4.78, 5) is 0.0323. The molecule has 0 aliphatic heterocycles. The molecule has 1 aromatic carbocycles. The molecule has 3 aromatic rings. The van der Waals surface area contributed by atoms with E-state index in [0.29, 0.717) is 17.9 Å². The summed E-state index contributed by atoms with van der Waals surface area (Å²) < 4.78 is 29.6. The van der Waals surface area contributed by atoms with Gasteiger partial charge in [0.15, 0.2) is 0 Å². The van der Waals surface area contributed by atoms with E-state index in [0.717, 1.165) is 16.7 Å². The zero-order chi connectivity index (χ0) is 19.1. The second-order valence-corrected chi connectivity index (χ2v) is 8.26. The van der Waals surface area contributed by atoms with Crippen LogP contribution in [0.1, 0.15) is 16.8 Å². The first-order valence-corrected chi connectivity index (χ1v) is 9.96. The molecule has 0 aliphatic carbocycles. The van der Waals surface area contributed by atoms with Gasteiger partial charge in [-0.3, -0.25) is 4.68 Å². The molecule has 0 aliphatic rings. The molecule has 0 bridgehead atoms. The van der Waals surface area contributed by atoms with Crippen LogP contribution in [0, 0.1) is 13.8 Å². The quantitative estimate of drug-likeness (QED) is 0.724. The molecule has 3 rings (SSSR count). The fourth-order valence-corrected chi connectivity index (χ4v) is 5.29. The molecule has 0 spiro atoms. The average molecular weight is 393 g/mol. The highest BCUT2D eigenvalue weighted by Gasteiger charge is 2.30. The van der Waals surface area contributed by atoms with E-state index in [2.05, 4.69) is 10.4 Å². The minimum Gasteiger partial charge on any atom is -0.316 e. The predicted molar refractivity (Wildman–Crippen MR) is 103 cm³/mol. The third kappa shape index (κ3) is 2.96. The zero-order valence-electron chi connectivity index (χ0n) is 15.1. The zero-order valence-corrected chi connectivity index (χ0v) is 16.7. The molecule has 0 saturated heterocycles. The van der Waals surface area contributed by atoms with Crippen LogP contribution in [0.4, 0.5) is 0 Å². The van der Waals surface area contributed by atoms with Gasteiger partial charge in [0.25, 0.3) is 10.0 Å². The van der Waals surface area contributed by atoms with E-state index in [9.17, 15) is 8.42 Å². The normalized spacial score (nSPS) is 11.9. The Morgan fingerprint density at radius 3 is 2.38 bits per heavy atom. The molecule has 1 N–H and O–H groups in total. The summed E-state index contributed by atoms with van der Waals surface area (Å²) in [7, 11) is -0.451. The lowest BCUT2D eigenvalue weighted by atomic mass is 10.1. The molecule has 0 radical (unpaired) electrons. The number of nitrogens with one attached hydrogen (secondary N) is 1. The molecule has 6 nitrogen and oxygen atoms in total.